The van der Waals surface area contributed by atoms with Crippen LogP contribution in [0.5, 0.6) is 0 Å². The SMILES string of the molecule is CC(C#N)C(O)c1ccc(C2CC2C)o1. The Morgan fingerprint density at radius 1 is 1.60 bits per heavy atom. The van der Waals surface area contributed by atoms with Crippen molar-refractivity contribution in [3.63, 3.8) is 0 Å². The Labute approximate surface area is 89.3 Å². The maximum atomic E-state index is 9.75. The van der Waals surface area contributed by atoms with Crippen molar-refractivity contribution in [1.82, 2.24) is 0 Å². The second-order valence-corrected chi connectivity index (χ2v) is 4.42. The van der Waals surface area contributed by atoms with Crippen molar-refractivity contribution in [1.29, 1.82) is 5.26 Å². The Bertz CT molecular complexity index is 391. The molecule has 0 radical (unpaired) electrons. The van der Waals surface area contributed by atoms with Crippen LogP contribution in [-0.2, 0) is 0 Å². The average Bonchev–Trinajstić information content (AvgIpc) is 2.80. The van der Waals surface area contributed by atoms with E-state index in [1.165, 1.54) is 0 Å². The van der Waals surface area contributed by atoms with Gasteiger partial charge in [-0.25, -0.2) is 0 Å². The highest BCUT2D eigenvalue weighted by molar-refractivity contribution is 5.19. The monoisotopic (exact) mass is 205 g/mol. The van der Waals surface area contributed by atoms with E-state index in [2.05, 4.69) is 6.92 Å². The lowest BCUT2D eigenvalue weighted by Gasteiger charge is -2.08. The van der Waals surface area contributed by atoms with Crippen molar-refractivity contribution in [3.8, 4) is 6.07 Å². The first-order valence-electron chi connectivity index (χ1n) is 5.30. The fourth-order valence-corrected chi connectivity index (χ4v) is 1.76. The highest BCUT2D eigenvalue weighted by Gasteiger charge is 2.37. The lowest BCUT2D eigenvalue weighted by molar-refractivity contribution is 0.115. The van der Waals surface area contributed by atoms with Crippen LogP contribution >= 0.6 is 0 Å². The summed E-state index contributed by atoms with van der Waals surface area (Å²) in [5.74, 6) is 2.23. The van der Waals surface area contributed by atoms with Gasteiger partial charge >= 0.3 is 0 Å². The van der Waals surface area contributed by atoms with Gasteiger partial charge in [-0.2, -0.15) is 5.26 Å². The highest BCUT2D eigenvalue weighted by atomic mass is 16.4. The first-order chi connectivity index (χ1) is 7.13. The largest absolute Gasteiger partial charge is 0.463 e. The van der Waals surface area contributed by atoms with Gasteiger partial charge in [0.25, 0.3) is 0 Å². The van der Waals surface area contributed by atoms with Gasteiger partial charge in [0.05, 0.1) is 12.0 Å². The summed E-state index contributed by atoms with van der Waals surface area (Å²) in [7, 11) is 0. The molecule has 1 saturated carbocycles. The minimum atomic E-state index is -0.808. The number of aliphatic hydroxyl groups is 1. The third-order valence-corrected chi connectivity index (χ3v) is 3.09. The van der Waals surface area contributed by atoms with Gasteiger partial charge < -0.3 is 9.52 Å². The van der Waals surface area contributed by atoms with Gasteiger partial charge in [0.2, 0.25) is 0 Å². The Kier molecular flexibility index (Phi) is 2.54. The van der Waals surface area contributed by atoms with E-state index in [1.54, 1.807) is 13.0 Å². The number of furan rings is 1. The topological polar surface area (TPSA) is 57.2 Å². The van der Waals surface area contributed by atoms with E-state index < -0.39 is 12.0 Å². The molecule has 0 aliphatic heterocycles. The summed E-state index contributed by atoms with van der Waals surface area (Å²) in [5, 5.41) is 18.4. The molecule has 4 unspecified atom stereocenters. The zero-order valence-corrected chi connectivity index (χ0v) is 8.97. The summed E-state index contributed by atoms with van der Waals surface area (Å²) >= 11 is 0. The van der Waals surface area contributed by atoms with E-state index >= 15 is 0 Å². The summed E-state index contributed by atoms with van der Waals surface area (Å²) in [6, 6.07) is 5.71. The number of hydrogen-bond acceptors (Lipinski definition) is 3. The van der Waals surface area contributed by atoms with E-state index in [-0.39, 0.29) is 0 Å². The van der Waals surface area contributed by atoms with Crippen LogP contribution in [0.25, 0.3) is 0 Å². The van der Waals surface area contributed by atoms with E-state index in [0.717, 1.165) is 12.2 Å². The summed E-state index contributed by atoms with van der Waals surface area (Å²) in [5.41, 5.74) is 0. The molecule has 0 saturated heterocycles. The molecule has 1 fully saturated rings. The summed E-state index contributed by atoms with van der Waals surface area (Å²) in [4.78, 5) is 0. The molecule has 80 valence electrons. The third-order valence-electron chi connectivity index (χ3n) is 3.09. The molecule has 1 aliphatic carbocycles. The first-order valence-corrected chi connectivity index (χ1v) is 5.30. The van der Waals surface area contributed by atoms with Crippen LogP contribution in [0.15, 0.2) is 16.5 Å². The van der Waals surface area contributed by atoms with Gasteiger partial charge in [0, 0.05) is 5.92 Å². The molecule has 1 aliphatic rings. The third kappa shape index (κ3) is 1.91. The van der Waals surface area contributed by atoms with E-state index in [1.807, 2.05) is 12.1 Å². The van der Waals surface area contributed by atoms with Crippen LogP contribution in [0.3, 0.4) is 0 Å². The first kappa shape index (κ1) is 10.3. The average molecular weight is 205 g/mol. The molecular formula is C12H15NO2. The van der Waals surface area contributed by atoms with Crippen molar-refractivity contribution in [2.75, 3.05) is 0 Å². The Morgan fingerprint density at radius 2 is 2.27 bits per heavy atom. The van der Waals surface area contributed by atoms with Crippen LogP contribution < -0.4 is 0 Å². The molecule has 1 N–H and O–H groups in total. The fraction of sp³-hybridized carbons (Fsp3) is 0.583. The van der Waals surface area contributed by atoms with Crippen LogP contribution in [0, 0.1) is 23.2 Å². The van der Waals surface area contributed by atoms with Gasteiger partial charge in [0.15, 0.2) is 0 Å². The van der Waals surface area contributed by atoms with Gasteiger partial charge in [-0.05, 0) is 31.4 Å². The lowest BCUT2D eigenvalue weighted by Crippen LogP contribution is -2.05. The van der Waals surface area contributed by atoms with Crippen molar-refractivity contribution in [2.45, 2.75) is 32.3 Å². The fourth-order valence-electron chi connectivity index (χ4n) is 1.76. The van der Waals surface area contributed by atoms with E-state index in [9.17, 15) is 5.11 Å². The smallest absolute Gasteiger partial charge is 0.134 e. The number of hydrogen-bond donors (Lipinski definition) is 1. The number of aliphatic hydroxyl groups excluding tert-OH is 1. The molecule has 1 heterocycles. The lowest BCUT2D eigenvalue weighted by atomic mass is 10.1. The maximum Gasteiger partial charge on any atom is 0.134 e. The molecule has 4 atom stereocenters. The maximum absolute atomic E-state index is 9.75. The molecule has 1 aromatic heterocycles. The number of nitrogens with zero attached hydrogens (tertiary/aromatic N) is 1. The molecule has 3 nitrogen and oxygen atoms in total. The molecule has 3 heteroatoms. The summed E-state index contributed by atoms with van der Waals surface area (Å²) in [6.07, 6.45) is 0.356. The predicted octanol–water partition coefficient (Wildman–Crippen LogP) is 2.60. The normalized spacial score (nSPS) is 28.1. The Hall–Kier alpha value is -1.27. The Balaban J connectivity index is 2.10. The van der Waals surface area contributed by atoms with Crippen LogP contribution in [0.2, 0.25) is 0 Å². The molecule has 15 heavy (non-hydrogen) atoms. The Morgan fingerprint density at radius 3 is 2.80 bits per heavy atom. The second kappa shape index (κ2) is 3.71. The van der Waals surface area contributed by atoms with Gasteiger partial charge in [-0.1, -0.05) is 6.92 Å². The summed E-state index contributed by atoms with van der Waals surface area (Å²) < 4.78 is 5.56. The van der Waals surface area contributed by atoms with Gasteiger partial charge in [-0.3, -0.25) is 0 Å². The quantitative estimate of drug-likeness (QED) is 0.825. The second-order valence-electron chi connectivity index (χ2n) is 4.42. The van der Waals surface area contributed by atoms with Gasteiger partial charge in [-0.15, -0.1) is 0 Å². The zero-order chi connectivity index (χ0) is 11.0. The van der Waals surface area contributed by atoms with Crippen LogP contribution in [0.1, 0.15) is 43.8 Å². The number of rotatable bonds is 3. The molecule has 0 spiro atoms. The van der Waals surface area contributed by atoms with Crippen molar-refractivity contribution in [2.24, 2.45) is 11.8 Å². The van der Waals surface area contributed by atoms with Crippen LogP contribution in [-0.4, -0.2) is 5.11 Å². The molecular weight excluding hydrogens is 190 g/mol. The summed E-state index contributed by atoms with van der Waals surface area (Å²) in [6.45, 7) is 3.87. The van der Waals surface area contributed by atoms with Gasteiger partial charge in [0.1, 0.15) is 17.6 Å². The standard InChI is InChI=1S/C12H15NO2/c1-7-5-9(7)10-3-4-11(15-10)12(14)8(2)6-13/h3-4,7-9,12,14H,5H2,1-2H3. The van der Waals surface area contributed by atoms with Crippen molar-refractivity contribution < 1.29 is 9.52 Å². The molecule has 1 aromatic rings. The van der Waals surface area contributed by atoms with Crippen LogP contribution in [0.4, 0.5) is 0 Å². The predicted molar refractivity (Wildman–Crippen MR) is 55.0 cm³/mol. The highest BCUT2D eigenvalue weighted by Crippen LogP contribution is 2.47. The zero-order valence-electron chi connectivity index (χ0n) is 8.97. The van der Waals surface area contributed by atoms with Crippen molar-refractivity contribution in [3.05, 3.63) is 23.7 Å². The minimum absolute atomic E-state index is 0.430. The van der Waals surface area contributed by atoms with E-state index in [4.69, 9.17) is 9.68 Å². The number of nitriles is 1. The molecule has 0 amide bonds. The van der Waals surface area contributed by atoms with Crippen molar-refractivity contribution >= 4 is 0 Å². The molecule has 0 aromatic carbocycles. The molecule has 0 bridgehead atoms. The molecule has 2 rings (SSSR count). The minimum Gasteiger partial charge on any atom is -0.463 e. The van der Waals surface area contributed by atoms with E-state index in [0.29, 0.717) is 17.6 Å².